The number of amides is 1. The molecular formula is C9H9F3N2OS. The number of nitrogens with zero attached hydrogens (tertiary/aromatic N) is 2. The molecule has 2 heterocycles. The normalized spacial score (nSPS) is 16.1. The van der Waals surface area contributed by atoms with E-state index in [1.54, 1.807) is 0 Å². The summed E-state index contributed by atoms with van der Waals surface area (Å²) < 4.78 is 37.2. The second-order valence-corrected chi connectivity index (χ2v) is 4.66. The Morgan fingerprint density at radius 3 is 2.75 bits per heavy atom. The maximum Gasteiger partial charge on any atom is 0.443 e. The van der Waals surface area contributed by atoms with E-state index in [2.05, 4.69) is 4.98 Å². The Morgan fingerprint density at radius 2 is 2.19 bits per heavy atom. The summed E-state index contributed by atoms with van der Waals surface area (Å²) in [6, 6.07) is 0. The first-order valence-corrected chi connectivity index (χ1v) is 5.51. The number of halogens is 3. The minimum absolute atomic E-state index is 0.118. The average molecular weight is 250 g/mol. The molecule has 0 saturated carbocycles. The van der Waals surface area contributed by atoms with Crippen LogP contribution in [0.25, 0.3) is 0 Å². The molecule has 0 atom stereocenters. The second-order valence-electron chi connectivity index (χ2n) is 3.58. The topological polar surface area (TPSA) is 33.2 Å². The van der Waals surface area contributed by atoms with Crippen molar-refractivity contribution in [2.75, 3.05) is 6.54 Å². The van der Waals surface area contributed by atoms with E-state index in [1.165, 1.54) is 11.8 Å². The van der Waals surface area contributed by atoms with Crippen LogP contribution in [-0.2, 0) is 23.9 Å². The van der Waals surface area contributed by atoms with Crippen LogP contribution < -0.4 is 0 Å². The first kappa shape index (κ1) is 11.4. The van der Waals surface area contributed by atoms with Gasteiger partial charge in [0.25, 0.3) is 0 Å². The van der Waals surface area contributed by atoms with Gasteiger partial charge in [0, 0.05) is 24.8 Å². The van der Waals surface area contributed by atoms with Crippen molar-refractivity contribution < 1.29 is 18.0 Å². The van der Waals surface area contributed by atoms with Gasteiger partial charge >= 0.3 is 6.18 Å². The van der Waals surface area contributed by atoms with Crippen molar-refractivity contribution in [3.63, 3.8) is 0 Å². The Kier molecular flexibility index (Phi) is 2.65. The molecule has 0 aromatic carbocycles. The van der Waals surface area contributed by atoms with Crippen LogP contribution in [-0.4, -0.2) is 22.3 Å². The zero-order valence-electron chi connectivity index (χ0n) is 8.47. The highest BCUT2D eigenvalue weighted by Gasteiger charge is 2.37. The molecule has 0 radical (unpaired) electrons. The van der Waals surface area contributed by atoms with Gasteiger partial charge in [0.05, 0.1) is 12.2 Å². The molecule has 0 bridgehead atoms. The summed E-state index contributed by atoms with van der Waals surface area (Å²) in [5.41, 5.74) is 0.481. The third kappa shape index (κ3) is 2.04. The zero-order valence-corrected chi connectivity index (χ0v) is 9.28. The lowest BCUT2D eigenvalue weighted by atomic mass is 10.2. The van der Waals surface area contributed by atoms with E-state index in [9.17, 15) is 18.0 Å². The summed E-state index contributed by atoms with van der Waals surface area (Å²) in [7, 11) is 0. The summed E-state index contributed by atoms with van der Waals surface area (Å²) in [6.07, 6.45) is -3.98. The Balaban J connectivity index is 2.27. The molecule has 0 saturated heterocycles. The van der Waals surface area contributed by atoms with E-state index in [0.717, 1.165) is 0 Å². The predicted molar refractivity (Wildman–Crippen MR) is 51.9 cm³/mol. The highest BCUT2D eigenvalue weighted by molar-refractivity contribution is 7.11. The molecule has 1 aliphatic heterocycles. The molecule has 0 spiro atoms. The van der Waals surface area contributed by atoms with Crippen LogP contribution >= 0.6 is 11.3 Å². The van der Waals surface area contributed by atoms with Crippen molar-refractivity contribution >= 4 is 17.2 Å². The Morgan fingerprint density at radius 1 is 1.50 bits per heavy atom. The molecule has 1 amide bonds. The van der Waals surface area contributed by atoms with E-state index in [4.69, 9.17) is 0 Å². The number of carbonyl (C=O) groups excluding carboxylic acids is 1. The number of carbonyl (C=O) groups is 1. The standard InChI is InChI=1S/C9H9F3N2OS/c1-5(15)14-3-2-6-7(4-14)16-8(13-6)9(10,11)12/h2-4H2,1H3. The van der Waals surface area contributed by atoms with Crippen LogP contribution in [0, 0.1) is 0 Å². The summed E-state index contributed by atoms with van der Waals surface area (Å²) in [5.74, 6) is -0.118. The minimum atomic E-state index is -4.39. The van der Waals surface area contributed by atoms with Gasteiger partial charge in [-0.2, -0.15) is 13.2 Å². The van der Waals surface area contributed by atoms with Crippen molar-refractivity contribution in [3.05, 3.63) is 15.6 Å². The Hall–Kier alpha value is -1.11. The van der Waals surface area contributed by atoms with Crippen molar-refractivity contribution in [1.82, 2.24) is 9.88 Å². The summed E-state index contributed by atoms with van der Waals surface area (Å²) in [6.45, 7) is 2.11. The molecule has 88 valence electrons. The van der Waals surface area contributed by atoms with Gasteiger partial charge in [-0.05, 0) is 0 Å². The van der Waals surface area contributed by atoms with Gasteiger partial charge in [-0.3, -0.25) is 4.79 Å². The van der Waals surface area contributed by atoms with E-state index in [0.29, 0.717) is 34.9 Å². The van der Waals surface area contributed by atoms with Gasteiger partial charge in [0.15, 0.2) is 5.01 Å². The number of hydrogen-bond acceptors (Lipinski definition) is 3. The molecule has 2 rings (SSSR count). The number of rotatable bonds is 0. The molecule has 7 heteroatoms. The van der Waals surface area contributed by atoms with Gasteiger partial charge in [0.2, 0.25) is 5.91 Å². The predicted octanol–water partition coefficient (Wildman–Crippen LogP) is 2.07. The fraction of sp³-hybridized carbons (Fsp3) is 0.556. The van der Waals surface area contributed by atoms with E-state index in [1.807, 2.05) is 0 Å². The minimum Gasteiger partial charge on any atom is -0.337 e. The molecule has 0 N–H and O–H groups in total. The van der Waals surface area contributed by atoms with E-state index < -0.39 is 11.2 Å². The van der Waals surface area contributed by atoms with Crippen molar-refractivity contribution in [1.29, 1.82) is 0 Å². The average Bonchev–Trinajstić information content (AvgIpc) is 2.58. The first-order chi connectivity index (χ1) is 7.38. The van der Waals surface area contributed by atoms with Crippen LogP contribution in [0.15, 0.2) is 0 Å². The molecule has 0 aliphatic carbocycles. The van der Waals surface area contributed by atoms with Gasteiger partial charge in [-0.25, -0.2) is 4.98 Å². The molecule has 3 nitrogen and oxygen atoms in total. The van der Waals surface area contributed by atoms with Crippen molar-refractivity contribution in [3.8, 4) is 0 Å². The number of thiazole rings is 1. The fourth-order valence-corrected chi connectivity index (χ4v) is 2.58. The lowest BCUT2D eigenvalue weighted by molar-refractivity contribution is -0.137. The maximum atomic E-state index is 12.4. The second kappa shape index (κ2) is 3.73. The first-order valence-electron chi connectivity index (χ1n) is 4.69. The van der Waals surface area contributed by atoms with E-state index in [-0.39, 0.29) is 12.5 Å². The molecule has 1 aliphatic rings. The third-order valence-electron chi connectivity index (χ3n) is 2.42. The Bertz CT molecular complexity index is 427. The van der Waals surface area contributed by atoms with Gasteiger partial charge < -0.3 is 4.90 Å². The highest BCUT2D eigenvalue weighted by Crippen LogP contribution is 2.36. The van der Waals surface area contributed by atoms with Crippen LogP contribution in [0.2, 0.25) is 0 Å². The monoisotopic (exact) mass is 250 g/mol. The molecule has 0 unspecified atom stereocenters. The highest BCUT2D eigenvalue weighted by atomic mass is 32.1. The molecule has 1 aromatic rings. The van der Waals surface area contributed by atoms with Crippen LogP contribution in [0.4, 0.5) is 13.2 Å². The largest absolute Gasteiger partial charge is 0.443 e. The summed E-state index contributed by atoms with van der Waals surface area (Å²) in [5, 5.41) is -0.817. The van der Waals surface area contributed by atoms with Crippen LogP contribution in [0.3, 0.4) is 0 Å². The number of hydrogen-bond donors (Lipinski definition) is 0. The van der Waals surface area contributed by atoms with E-state index >= 15 is 0 Å². The third-order valence-corrected chi connectivity index (χ3v) is 3.55. The molecular weight excluding hydrogens is 241 g/mol. The number of alkyl halides is 3. The fourth-order valence-electron chi connectivity index (χ4n) is 1.59. The lowest BCUT2D eigenvalue weighted by Crippen LogP contribution is -2.33. The smallest absolute Gasteiger partial charge is 0.337 e. The Labute approximate surface area is 93.9 Å². The number of fused-ring (bicyclic) bond motifs is 1. The SMILES string of the molecule is CC(=O)N1CCc2nc(C(F)(F)F)sc2C1. The number of aromatic nitrogens is 1. The van der Waals surface area contributed by atoms with Gasteiger partial charge in [0.1, 0.15) is 0 Å². The zero-order chi connectivity index (χ0) is 11.9. The van der Waals surface area contributed by atoms with Crippen LogP contribution in [0.1, 0.15) is 22.5 Å². The quantitative estimate of drug-likeness (QED) is 0.706. The molecule has 1 aromatic heterocycles. The van der Waals surface area contributed by atoms with Crippen LogP contribution in [0.5, 0.6) is 0 Å². The maximum absolute atomic E-state index is 12.4. The van der Waals surface area contributed by atoms with Crippen molar-refractivity contribution in [2.45, 2.75) is 26.1 Å². The van der Waals surface area contributed by atoms with Gasteiger partial charge in [-0.1, -0.05) is 0 Å². The lowest BCUT2D eigenvalue weighted by Gasteiger charge is -2.24. The molecule has 16 heavy (non-hydrogen) atoms. The van der Waals surface area contributed by atoms with Crippen molar-refractivity contribution in [2.24, 2.45) is 0 Å². The molecule has 0 fully saturated rings. The summed E-state index contributed by atoms with van der Waals surface area (Å²) >= 11 is 0.633. The van der Waals surface area contributed by atoms with Gasteiger partial charge in [-0.15, -0.1) is 11.3 Å². The summed E-state index contributed by atoms with van der Waals surface area (Å²) in [4.78, 5) is 16.7.